The number of alkyl halides is 2. The molecule has 0 radical (unpaired) electrons. The summed E-state index contributed by atoms with van der Waals surface area (Å²) in [5.74, 6) is -2.79. The lowest BCUT2D eigenvalue weighted by Crippen LogP contribution is -2.33. The maximum Gasteiger partial charge on any atom is 0.288 e. The number of nitrogens with one attached hydrogen (secondary N) is 2. The van der Waals surface area contributed by atoms with Crippen molar-refractivity contribution >= 4 is 52.0 Å². The van der Waals surface area contributed by atoms with E-state index in [1.807, 2.05) is 0 Å². The fraction of sp³-hybridized carbons (Fsp3) is 0.0769. The minimum Gasteiger partial charge on any atom is -0.332 e. The van der Waals surface area contributed by atoms with E-state index >= 15 is 0 Å². The van der Waals surface area contributed by atoms with Crippen LogP contribution in [0.1, 0.15) is 9.67 Å². The van der Waals surface area contributed by atoms with Gasteiger partial charge in [-0.25, -0.2) is 0 Å². The first kappa shape index (κ1) is 15.9. The molecular formula is C13H10F2N2OS3. The van der Waals surface area contributed by atoms with Gasteiger partial charge in [-0.1, -0.05) is 23.9 Å². The molecular weight excluding hydrogens is 334 g/mol. The average Bonchev–Trinajstić information content (AvgIpc) is 2.91. The molecule has 0 aliphatic heterocycles. The summed E-state index contributed by atoms with van der Waals surface area (Å²) in [4.78, 5) is 12.7. The number of amides is 1. The van der Waals surface area contributed by atoms with E-state index in [2.05, 4.69) is 10.6 Å². The number of rotatable bonds is 4. The number of carbonyl (C=O) groups excluding carboxylic acids is 1. The van der Waals surface area contributed by atoms with E-state index in [0.717, 1.165) is 0 Å². The van der Waals surface area contributed by atoms with Crippen LogP contribution in [0.5, 0.6) is 0 Å². The molecule has 0 atom stereocenters. The smallest absolute Gasteiger partial charge is 0.288 e. The second kappa shape index (κ2) is 7.48. The summed E-state index contributed by atoms with van der Waals surface area (Å²) in [5, 5.41) is 7.23. The minimum absolute atomic E-state index is 0.118. The van der Waals surface area contributed by atoms with Crippen molar-refractivity contribution in [3.63, 3.8) is 0 Å². The summed E-state index contributed by atoms with van der Waals surface area (Å²) in [7, 11) is 0. The number of hydrogen-bond donors (Lipinski definition) is 2. The summed E-state index contributed by atoms with van der Waals surface area (Å²) < 4.78 is 24.6. The number of anilines is 1. The van der Waals surface area contributed by atoms with Crippen LogP contribution >= 0.6 is 35.3 Å². The van der Waals surface area contributed by atoms with Gasteiger partial charge in [-0.2, -0.15) is 8.78 Å². The van der Waals surface area contributed by atoms with Crippen LogP contribution < -0.4 is 10.6 Å². The highest BCUT2D eigenvalue weighted by Gasteiger charge is 2.09. The number of carbonyl (C=O) groups is 1. The van der Waals surface area contributed by atoms with Gasteiger partial charge in [0, 0.05) is 10.6 Å². The van der Waals surface area contributed by atoms with Gasteiger partial charge < -0.3 is 5.32 Å². The molecule has 0 saturated heterocycles. The fourth-order valence-corrected chi connectivity index (χ4v) is 2.87. The van der Waals surface area contributed by atoms with Gasteiger partial charge in [0.1, 0.15) is 0 Å². The van der Waals surface area contributed by atoms with Crippen molar-refractivity contribution in [2.45, 2.75) is 10.7 Å². The maximum absolute atomic E-state index is 12.3. The number of hydrogen-bond acceptors (Lipinski definition) is 4. The lowest BCUT2D eigenvalue weighted by Gasteiger charge is -2.10. The number of benzene rings is 1. The summed E-state index contributed by atoms with van der Waals surface area (Å²) in [6.07, 6.45) is 0. The van der Waals surface area contributed by atoms with Gasteiger partial charge in [-0.3, -0.25) is 10.1 Å². The SMILES string of the molecule is O=C(NC(=S)Nc1cccc(SC(F)F)c1)c1cccs1. The van der Waals surface area contributed by atoms with Gasteiger partial charge in [-0.15, -0.1) is 11.3 Å². The van der Waals surface area contributed by atoms with E-state index in [1.54, 1.807) is 41.8 Å². The molecule has 0 aliphatic rings. The van der Waals surface area contributed by atoms with Crippen LogP contribution in [0.4, 0.5) is 14.5 Å². The Balaban J connectivity index is 1.95. The number of halogens is 2. The molecule has 1 heterocycles. The molecule has 110 valence electrons. The first-order valence-electron chi connectivity index (χ1n) is 5.75. The van der Waals surface area contributed by atoms with Gasteiger partial charge in [0.15, 0.2) is 5.11 Å². The first-order valence-corrected chi connectivity index (χ1v) is 7.92. The van der Waals surface area contributed by atoms with Gasteiger partial charge in [0.05, 0.1) is 4.88 Å². The van der Waals surface area contributed by atoms with Crippen molar-refractivity contribution in [1.29, 1.82) is 0 Å². The molecule has 3 nitrogen and oxygen atoms in total. The molecule has 0 bridgehead atoms. The molecule has 0 spiro atoms. The van der Waals surface area contributed by atoms with Crippen LogP contribution in [0.15, 0.2) is 46.7 Å². The average molecular weight is 344 g/mol. The highest BCUT2D eigenvalue weighted by Crippen LogP contribution is 2.27. The van der Waals surface area contributed by atoms with Crippen molar-refractivity contribution in [2.75, 3.05) is 5.32 Å². The summed E-state index contributed by atoms with van der Waals surface area (Å²) in [6, 6.07) is 9.88. The first-order chi connectivity index (χ1) is 10.0. The van der Waals surface area contributed by atoms with Crippen LogP contribution in [0.25, 0.3) is 0 Å². The molecule has 2 N–H and O–H groups in total. The molecule has 8 heteroatoms. The third-order valence-electron chi connectivity index (χ3n) is 2.29. The topological polar surface area (TPSA) is 41.1 Å². The summed E-state index contributed by atoms with van der Waals surface area (Å²) in [6.45, 7) is 0. The molecule has 1 amide bonds. The number of thiophene rings is 1. The van der Waals surface area contributed by atoms with Crippen LogP contribution in [0.3, 0.4) is 0 Å². The van der Waals surface area contributed by atoms with E-state index in [9.17, 15) is 13.6 Å². The Morgan fingerprint density at radius 3 is 2.76 bits per heavy atom. The Bertz CT molecular complexity index is 632. The zero-order valence-electron chi connectivity index (χ0n) is 10.5. The van der Waals surface area contributed by atoms with Gasteiger partial charge in [0.2, 0.25) is 0 Å². The Labute approximate surface area is 133 Å². The molecule has 0 saturated carbocycles. The van der Waals surface area contributed by atoms with Crippen molar-refractivity contribution in [2.24, 2.45) is 0 Å². The lowest BCUT2D eigenvalue weighted by molar-refractivity contribution is 0.0981. The Morgan fingerprint density at radius 1 is 1.29 bits per heavy atom. The molecule has 2 rings (SSSR count). The molecule has 0 aliphatic carbocycles. The number of thioether (sulfide) groups is 1. The number of thiocarbonyl (C=S) groups is 1. The van der Waals surface area contributed by atoms with Crippen molar-refractivity contribution in [3.05, 3.63) is 46.7 Å². The Morgan fingerprint density at radius 2 is 2.10 bits per heavy atom. The van der Waals surface area contributed by atoms with Crippen molar-refractivity contribution in [1.82, 2.24) is 5.32 Å². The minimum atomic E-state index is -2.48. The quantitative estimate of drug-likeness (QED) is 0.645. The standard InChI is InChI=1S/C13H10F2N2OS3/c14-12(15)21-9-4-1-3-8(7-9)16-13(19)17-11(18)10-5-2-6-20-10/h1-7,12H,(H2,16,17,18,19). The van der Waals surface area contributed by atoms with Crippen molar-refractivity contribution < 1.29 is 13.6 Å². The van der Waals surface area contributed by atoms with Gasteiger partial charge >= 0.3 is 0 Å². The third kappa shape index (κ3) is 5.07. The fourth-order valence-electron chi connectivity index (χ4n) is 1.48. The lowest BCUT2D eigenvalue weighted by atomic mass is 10.3. The highest BCUT2D eigenvalue weighted by atomic mass is 32.2. The predicted octanol–water partition coefficient (Wildman–Crippen LogP) is 4.19. The van der Waals surface area contributed by atoms with Crippen LogP contribution in [-0.2, 0) is 0 Å². The molecule has 21 heavy (non-hydrogen) atoms. The van der Waals surface area contributed by atoms with E-state index in [0.29, 0.717) is 27.2 Å². The molecule has 1 aromatic carbocycles. The molecule has 1 aromatic heterocycles. The van der Waals surface area contributed by atoms with Crippen LogP contribution in [0, 0.1) is 0 Å². The van der Waals surface area contributed by atoms with E-state index in [-0.39, 0.29) is 11.0 Å². The second-order valence-electron chi connectivity index (χ2n) is 3.79. The zero-order valence-corrected chi connectivity index (χ0v) is 13.0. The maximum atomic E-state index is 12.3. The third-order valence-corrected chi connectivity index (χ3v) is 4.07. The van der Waals surface area contributed by atoms with Crippen molar-refractivity contribution in [3.8, 4) is 0 Å². The van der Waals surface area contributed by atoms with E-state index < -0.39 is 5.76 Å². The summed E-state index contributed by atoms with van der Waals surface area (Å²) in [5.41, 5.74) is 0.539. The zero-order chi connectivity index (χ0) is 15.2. The molecule has 2 aromatic rings. The second-order valence-corrected chi connectivity index (χ2v) is 6.21. The Hall–Kier alpha value is -1.51. The molecule has 0 fully saturated rings. The Kier molecular flexibility index (Phi) is 5.66. The van der Waals surface area contributed by atoms with Gasteiger partial charge in [-0.05, 0) is 41.9 Å². The van der Waals surface area contributed by atoms with E-state index in [1.165, 1.54) is 11.3 Å². The summed E-state index contributed by atoms with van der Waals surface area (Å²) >= 11 is 6.78. The highest BCUT2D eigenvalue weighted by molar-refractivity contribution is 7.99. The normalized spacial score (nSPS) is 10.4. The monoisotopic (exact) mass is 344 g/mol. The van der Waals surface area contributed by atoms with Crippen LogP contribution in [-0.4, -0.2) is 16.8 Å². The van der Waals surface area contributed by atoms with Crippen LogP contribution in [0.2, 0.25) is 0 Å². The molecule has 0 unspecified atom stereocenters. The van der Waals surface area contributed by atoms with E-state index in [4.69, 9.17) is 12.2 Å². The predicted molar refractivity (Wildman–Crippen MR) is 86.3 cm³/mol. The van der Waals surface area contributed by atoms with Gasteiger partial charge in [0.25, 0.3) is 11.7 Å². The largest absolute Gasteiger partial charge is 0.332 e.